The van der Waals surface area contributed by atoms with Gasteiger partial charge in [-0.15, -0.1) is 13.2 Å². The van der Waals surface area contributed by atoms with Crippen molar-refractivity contribution in [1.29, 1.82) is 0 Å². The first-order valence-electron chi connectivity index (χ1n) is 11.8. The van der Waals surface area contributed by atoms with Gasteiger partial charge >= 0.3 is 6.36 Å². The number of alkyl halides is 3. The molecule has 0 saturated carbocycles. The summed E-state index contributed by atoms with van der Waals surface area (Å²) in [4.78, 5) is 13.1. The third-order valence-electron chi connectivity index (χ3n) is 6.44. The number of methoxy groups -OCH3 is 1. The largest absolute Gasteiger partial charge is 0.573 e. The Kier molecular flexibility index (Phi) is 6.78. The van der Waals surface area contributed by atoms with Crippen molar-refractivity contribution in [3.05, 3.63) is 82.5 Å². The summed E-state index contributed by atoms with van der Waals surface area (Å²) in [5.74, 6) is 0.722. The van der Waals surface area contributed by atoms with E-state index in [1.54, 1.807) is 36.3 Å². The molecule has 2 unspecified atom stereocenters. The molecule has 0 fully saturated rings. The highest BCUT2D eigenvalue weighted by Gasteiger charge is 2.38. The molecule has 0 bridgehead atoms. The van der Waals surface area contributed by atoms with E-state index in [0.29, 0.717) is 29.7 Å². The van der Waals surface area contributed by atoms with E-state index in [-0.39, 0.29) is 23.5 Å². The van der Waals surface area contributed by atoms with Gasteiger partial charge in [-0.05, 0) is 48.7 Å². The first-order valence-corrected chi connectivity index (χ1v) is 12.2. The van der Waals surface area contributed by atoms with Crippen LogP contribution in [0.1, 0.15) is 47.6 Å². The van der Waals surface area contributed by atoms with E-state index in [0.717, 1.165) is 28.1 Å². The molecular weight excluding hydrogens is 521 g/mol. The van der Waals surface area contributed by atoms with Gasteiger partial charge in [-0.3, -0.25) is 0 Å². The number of hydrogen-bond donors (Lipinski definition) is 2. The lowest BCUT2D eigenvalue weighted by Crippen LogP contribution is -2.17. The van der Waals surface area contributed by atoms with E-state index in [4.69, 9.17) is 22.1 Å². The van der Waals surface area contributed by atoms with Gasteiger partial charge in [0.25, 0.3) is 0 Å². The van der Waals surface area contributed by atoms with Crippen LogP contribution in [0.2, 0.25) is 5.15 Å². The number of ether oxygens (including phenoxy) is 2. The predicted molar refractivity (Wildman–Crippen MR) is 137 cm³/mol. The van der Waals surface area contributed by atoms with E-state index in [1.807, 2.05) is 25.1 Å². The van der Waals surface area contributed by atoms with Gasteiger partial charge in [0.2, 0.25) is 5.95 Å². The molecule has 0 aliphatic heterocycles. The number of nitrogens with one attached hydrogen (secondary N) is 1. The number of imidazole rings is 1. The fraction of sp³-hybridized carbons (Fsp3) is 0.269. The molecule has 38 heavy (non-hydrogen) atoms. The zero-order valence-electron chi connectivity index (χ0n) is 20.5. The Bertz CT molecular complexity index is 1460. The van der Waals surface area contributed by atoms with Crippen molar-refractivity contribution in [2.45, 2.75) is 31.5 Å². The summed E-state index contributed by atoms with van der Waals surface area (Å²) >= 11 is 6.01. The van der Waals surface area contributed by atoms with Gasteiger partial charge in [-0.25, -0.2) is 9.97 Å². The van der Waals surface area contributed by atoms with Gasteiger partial charge in [-0.1, -0.05) is 29.8 Å². The summed E-state index contributed by atoms with van der Waals surface area (Å²) in [7, 11) is 1.59. The summed E-state index contributed by atoms with van der Waals surface area (Å²) < 4.78 is 49.5. The Morgan fingerprint density at radius 1 is 1.11 bits per heavy atom. The molecule has 1 aliphatic carbocycles. The number of anilines is 2. The highest BCUT2D eigenvalue weighted by Crippen LogP contribution is 2.50. The lowest BCUT2D eigenvalue weighted by atomic mass is 9.90. The number of nitrogen functional groups attached to an aromatic ring is 1. The smallest absolute Gasteiger partial charge is 0.495 e. The van der Waals surface area contributed by atoms with Crippen molar-refractivity contribution >= 4 is 23.4 Å². The average Bonchev–Trinajstić information content (AvgIpc) is 3.47. The second kappa shape index (κ2) is 10.1. The topological polar surface area (TPSA) is 100 Å². The van der Waals surface area contributed by atoms with Gasteiger partial charge < -0.3 is 25.1 Å². The lowest BCUT2D eigenvalue weighted by molar-refractivity contribution is -0.274. The number of hydrogen-bond acceptors (Lipinski definition) is 7. The molecule has 12 heteroatoms. The summed E-state index contributed by atoms with van der Waals surface area (Å²) in [6.45, 7) is 2.58. The molecule has 0 spiro atoms. The van der Waals surface area contributed by atoms with E-state index in [1.165, 1.54) is 12.1 Å². The third-order valence-corrected chi connectivity index (χ3v) is 6.63. The first-order chi connectivity index (χ1) is 18.2. The molecule has 2 atom stereocenters. The van der Waals surface area contributed by atoms with Crippen molar-refractivity contribution in [3.8, 4) is 17.2 Å². The third kappa shape index (κ3) is 5.06. The minimum Gasteiger partial charge on any atom is -0.495 e. The van der Waals surface area contributed by atoms with Crippen LogP contribution < -0.4 is 20.5 Å². The fourth-order valence-corrected chi connectivity index (χ4v) is 5.08. The Morgan fingerprint density at radius 2 is 1.84 bits per heavy atom. The van der Waals surface area contributed by atoms with Gasteiger partial charge in [-0.2, -0.15) is 4.98 Å². The quantitative estimate of drug-likeness (QED) is 0.298. The van der Waals surface area contributed by atoms with Crippen LogP contribution in [-0.4, -0.2) is 39.5 Å². The number of benzene rings is 2. The monoisotopic (exact) mass is 544 g/mol. The van der Waals surface area contributed by atoms with Crippen molar-refractivity contribution in [2.75, 3.05) is 24.7 Å². The fourth-order valence-electron chi connectivity index (χ4n) is 4.93. The second-order valence-electron chi connectivity index (χ2n) is 8.75. The SMILES string of the molecule is CCNc1nc(N)nc2c1C(c1ccc(-n3cnc(Cl)c3)c(OC)c1)CC2c1ccc(OC(F)(F)F)cc1. The van der Waals surface area contributed by atoms with Gasteiger partial charge in [0.15, 0.2) is 0 Å². The number of rotatable bonds is 7. The highest BCUT2D eigenvalue weighted by atomic mass is 35.5. The molecule has 8 nitrogen and oxygen atoms in total. The molecule has 2 heterocycles. The molecule has 1 aliphatic rings. The van der Waals surface area contributed by atoms with Crippen LogP contribution in [0.3, 0.4) is 0 Å². The minimum absolute atomic E-state index is 0.118. The number of fused-ring (bicyclic) bond motifs is 1. The summed E-state index contributed by atoms with van der Waals surface area (Å²) in [6, 6.07) is 11.7. The van der Waals surface area contributed by atoms with Crippen LogP contribution in [-0.2, 0) is 0 Å². The number of nitrogens with zero attached hydrogens (tertiary/aromatic N) is 4. The summed E-state index contributed by atoms with van der Waals surface area (Å²) in [6.07, 6.45) is -0.869. The lowest BCUT2D eigenvalue weighted by Gasteiger charge is -2.18. The van der Waals surface area contributed by atoms with Crippen molar-refractivity contribution in [1.82, 2.24) is 19.5 Å². The molecule has 3 N–H and O–H groups in total. The Hall–Kier alpha value is -3.99. The molecule has 198 valence electrons. The molecule has 4 aromatic rings. The van der Waals surface area contributed by atoms with Gasteiger partial charge in [0, 0.05) is 30.1 Å². The van der Waals surface area contributed by atoms with Crippen LogP contribution >= 0.6 is 11.6 Å². The zero-order chi connectivity index (χ0) is 27.0. The van der Waals surface area contributed by atoms with E-state index in [2.05, 4.69) is 25.0 Å². The first kappa shape index (κ1) is 25.7. The number of nitrogens with two attached hydrogens (primary N) is 1. The van der Waals surface area contributed by atoms with Crippen LogP contribution in [0.25, 0.3) is 5.69 Å². The normalized spacial score (nSPS) is 16.8. The van der Waals surface area contributed by atoms with Crippen molar-refractivity contribution in [3.63, 3.8) is 0 Å². The Balaban J connectivity index is 1.57. The van der Waals surface area contributed by atoms with E-state index in [9.17, 15) is 13.2 Å². The van der Waals surface area contributed by atoms with Crippen LogP contribution in [0.15, 0.2) is 55.0 Å². The number of aromatic nitrogens is 4. The van der Waals surface area contributed by atoms with Gasteiger partial charge in [0.1, 0.15) is 28.8 Å². The predicted octanol–water partition coefficient (Wildman–Crippen LogP) is 5.90. The summed E-state index contributed by atoms with van der Waals surface area (Å²) in [5.41, 5.74) is 10.2. The standard InChI is InChI=1S/C26H24ClF3N6O2/c1-3-32-24-22-17(15-6-9-19(20(10-15)37-2)36-12-21(27)33-13-36)11-18(23(22)34-25(31)35-24)14-4-7-16(8-5-14)38-26(28,29)30/h4-10,12-13,17-18H,3,11H2,1-2H3,(H3,31,32,34,35). The molecule has 0 saturated heterocycles. The van der Waals surface area contributed by atoms with E-state index < -0.39 is 6.36 Å². The second-order valence-corrected chi connectivity index (χ2v) is 9.14. The van der Waals surface area contributed by atoms with Crippen LogP contribution in [0, 0.1) is 0 Å². The summed E-state index contributed by atoms with van der Waals surface area (Å²) in [5, 5.41) is 3.65. The molecule has 0 radical (unpaired) electrons. The highest BCUT2D eigenvalue weighted by molar-refractivity contribution is 6.29. The van der Waals surface area contributed by atoms with Gasteiger partial charge in [0.05, 0.1) is 18.5 Å². The Morgan fingerprint density at radius 3 is 2.47 bits per heavy atom. The zero-order valence-corrected chi connectivity index (χ0v) is 21.2. The molecule has 2 aromatic carbocycles. The van der Waals surface area contributed by atoms with Crippen molar-refractivity contribution in [2.24, 2.45) is 0 Å². The molecule has 5 rings (SSSR count). The van der Waals surface area contributed by atoms with E-state index >= 15 is 0 Å². The minimum atomic E-state index is -4.76. The number of halogens is 4. The average molecular weight is 545 g/mol. The Labute approximate surface area is 221 Å². The maximum absolute atomic E-state index is 12.7. The van der Waals surface area contributed by atoms with Crippen LogP contribution in [0.4, 0.5) is 24.9 Å². The molecular formula is C26H24ClF3N6O2. The maximum atomic E-state index is 12.7. The van der Waals surface area contributed by atoms with Crippen LogP contribution in [0.5, 0.6) is 11.5 Å². The van der Waals surface area contributed by atoms with Crippen molar-refractivity contribution < 1.29 is 22.6 Å². The molecule has 0 amide bonds. The molecule has 2 aromatic heterocycles. The maximum Gasteiger partial charge on any atom is 0.573 e.